The molecule has 2 N–H and O–H groups in total. The van der Waals surface area contributed by atoms with E-state index in [4.69, 9.17) is 14.4 Å². The average Bonchev–Trinajstić information content (AvgIpc) is 3.46. The van der Waals surface area contributed by atoms with Gasteiger partial charge in [0.05, 0.1) is 16.1 Å². The molecule has 1 unspecified atom stereocenters. The van der Waals surface area contributed by atoms with E-state index in [0.29, 0.717) is 36.4 Å². The molecule has 3 aromatic rings. The summed E-state index contributed by atoms with van der Waals surface area (Å²) in [5.74, 6) is 0.755. The van der Waals surface area contributed by atoms with Gasteiger partial charge in [-0.25, -0.2) is 4.98 Å². The van der Waals surface area contributed by atoms with Crippen LogP contribution in [0.2, 0.25) is 0 Å². The second-order valence-electron chi connectivity index (χ2n) is 7.22. The van der Waals surface area contributed by atoms with Crippen molar-refractivity contribution in [2.45, 2.75) is 32.6 Å². The molecule has 0 spiro atoms. The summed E-state index contributed by atoms with van der Waals surface area (Å²) < 4.78 is 6.18. The van der Waals surface area contributed by atoms with E-state index in [1.165, 1.54) is 11.3 Å². The van der Waals surface area contributed by atoms with Crippen molar-refractivity contribution in [1.82, 2.24) is 20.4 Å². The minimum Gasteiger partial charge on any atom is -0.483 e. The van der Waals surface area contributed by atoms with Crippen LogP contribution in [-0.4, -0.2) is 51.6 Å². The van der Waals surface area contributed by atoms with Crippen LogP contribution in [0.15, 0.2) is 28.8 Å². The molecule has 2 aromatic heterocycles. The van der Waals surface area contributed by atoms with E-state index in [9.17, 15) is 9.59 Å². The number of para-hydroxylation sites is 1. The Morgan fingerprint density at radius 1 is 1.39 bits per heavy atom. The Balaban J connectivity index is 0.000000858. The highest BCUT2D eigenvalue weighted by Gasteiger charge is 2.36. The summed E-state index contributed by atoms with van der Waals surface area (Å²) >= 11 is 1.47. The SMILES string of the molecule is CC(C)c1nc(CCNC(=O)C2CC(=O)N(c3nc4ccccc4s3)C2)no1.O=CO. The van der Waals surface area contributed by atoms with Crippen LogP contribution in [0.25, 0.3) is 10.2 Å². The minimum atomic E-state index is -0.379. The fraction of sp³-hybridized carbons (Fsp3) is 0.400. The van der Waals surface area contributed by atoms with Gasteiger partial charge in [0.25, 0.3) is 6.47 Å². The number of rotatable bonds is 6. The quantitative estimate of drug-likeness (QED) is 0.551. The molecule has 0 bridgehead atoms. The largest absolute Gasteiger partial charge is 0.483 e. The first-order valence-corrected chi connectivity index (χ1v) is 10.6. The fourth-order valence-electron chi connectivity index (χ4n) is 3.09. The van der Waals surface area contributed by atoms with Crippen LogP contribution in [0.5, 0.6) is 0 Å². The molecule has 4 rings (SSSR count). The molecule has 11 heteroatoms. The van der Waals surface area contributed by atoms with Crippen LogP contribution in [0, 0.1) is 5.92 Å². The maximum Gasteiger partial charge on any atom is 0.290 e. The zero-order valence-electron chi connectivity index (χ0n) is 17.1. The van der Waals surface area contributed by atoms with Crippen molar-refractivity contribution < 1.29 is 24.0 Å². The van der Waals surface area contributed by atoms with Crippen LogP contribution in [0.3, 0.4) is 0 Å². The molecular weight excluding hydrogens is 422 g/mol. The molecule has 31 heavy (non-hydrogen) atoms. The van der Waals surface area contributed by atoms with Crippen molar-refractivity contribution in [2.24, 2.45) is 5.92 Å². The van der Waals surface area contributed by atoms with Gasteiger partial charge in [0.15, 0.2) is 11.0 Å². The van der Waals surface area contributed by atoms with Crippen molar-refractivity contribution in [3.05, 3.63) is 36.0 Å². The van der Waals surface area contributed by atoms with Gasteiger partial charge in [-0.05, 0) is 12.1 Å². The van der Waals surface area contributed by atoms with Gasteiger partial charge in [0.2, 0.25) is 17.7 Å². The van der Waals surface area contributed by atoms with E-state index < -0.39 is 0 Å². The molecular formula is C20H23N5O5S. The first-order valence-electron chi connectivity index (χ1n) is 9.77. The van der Waals surface area contributed by atoms with Crippen molar-refractivity contribution in [2.75, 3.05) is 18.0 Å². The molecule has 0 radical (unpaired) electrons. The van der Waals surface area contributed by atoms with Gasteiger partial charge in [0.1, 0.15) is 0 Å². The molecule has 0 aliphatic carbocycles. The second kappa shape index (κ2) is 10.1. The van der Waals surface area contributed by atoms with E-state index in [1.54, 1.807) is 4.90 Å². The lowest BCUT2D eigenvalue weighted by Gasteiger charge is -2.12. The minimum absolute atomic E-state index is 0.0704. The third kappa shape index (κ3) is 5.43. The van der Waals surface area contributed by atoms with Gasteiger partial charge in [-0.15, -0.1) is 0 Å². The number of nitrogens with one attached hydrogen (secondary N) is 1. The van der Waals surface area contributed by atoms with Gasteiger partial charge < -0.3 is 14.9 Å². The number of benzene rings is 1. The van der Waals surface area contributed by atoms with Crippen molar-refractivity contribution in [3.63, 3.8) is 0 Å². The van der Waals surface area contributed by atoms with Crippen molar-refractivity contribution >= 4 is 45.0 Å². The normalized spacial score (nSPS) is 15.8. The number of hydrogen-bond donors (Lipinski definition) is 2. The summed E-state index contributed by atoms with van der Waals surface area (Å²) in [6.45, 7) is 4.46. The Bertz CT molecular complexity index is 1030. The van der Waals surface area contributed by atoms with E-state index in [0.717, 1.165) is 10.2 Å². The summed E-state index contributed by atoms with van der Waals surface area (Å²) in [5, 5.41) is 14.3. The number of aromatic nitrogens is 3. The Morgan fingerprint density at radius 2 is 2.13 bits per heavy atom. The number of carbonyl (C=O) groups is 3. The highest BCUT2D eigenvalue weighted by Crippen LogP contribution is 2.32. The smallest absolute Gasteiger partial charge is 0.290 e. The molecule has 1 aliphatic rings. The Labute approximate surface area is 182 Å². The Hall–Kier alpha value is -3.34. The predicted octanol–water partition coefficient (Wildman–Crippen LogP) is 2.22. The van der Waals surface area contributed by atoms with E-state index in [-0.39, 0.29) is 36.5 Å². The highest BCUT2D eigenvalue weighted by atomic mass is 32.1. The second-order valence-corrected chi connectivity index (χ2v) is 8.23. The monoisotopic (exact) mass is 445 g/mol. The highest BCUT2D eigenvalue weighted by molar-refractivity contribution is 7.22. The molecule has 1 saturated heterocycles. The first kappa shape index (κ1) is 22.3. The lowest BCUT2D eigenvalue weighted by atomic mass is 10.1. The van der Waals surface area contributed by atoms with E-state index in [1.807, 2.05) is 38.1 Å². The Kier molecular flexibility index (Phi) is 7.29. The molecule has 1 aromatic carbocycles. The van der Waals surface area contributed by atoms with Crippen LogP contribution in [0.4, 0.5) is 5.13 Å². The lowest BCUT2D eigenvalue weighted by Crippen LogP contribution is -2.34. The van der Waals surface area contributed by atoms with Gasteiger partial charge in [-0.2, -0.15) is 4.98 Å². The van der Waals surface area contributed by atoms with Crippen molar-refractivity contribution in [3.8, 4) is 0 Å². The average molecular weight is 446 g/mol. The zero-order valence-corrected chi connectivity index (χ0v) is 18.0. The predicted molar refractivity (Wildman–Crippen MR) is 114 cm³/mol. The summed E-state index contributed by atoms with van der Waals surface area (Å²) in [4.78, 5) is 43.7. The number of nitrogens with zero attached hydrogens (tertiary/aromatic N) is 4. The summed E-state index contributed by atoms with van der Waals surface area (Å²) in [6.07, 6.45) is 0.686. The maximum atomic E-state index is 12.5. The first-order chi connectivity index (χ1) is 14.9. The molecule has 10 nitrogen and oxygen atoms in total. The number of carbonyl (C=O) groups excluding carboxylic acids is 2. The molecule has 3 heterocycles. The summed E-state index contributed by atoms with van der Waals surface area (Å²) in [6, 6.07) is 7.76. The zero-order chi connectivity index (χ0) is 22.4. The fourth-order valence-corrected chi connectivity index (χ4v) is 4.08. The number of anilines is 1. The number of fused-ring (bicyclic) bond motifs is 1. The third-order valence-corrected chi connectivity index (χ3v) is 5.69. The van der Waals surface area contributed by atoms with Crippen LogP contribution in [0.1, 0.15) is 37.9 Å². The summed E-state index contributed by atoms with van der Waals surface area (Å²) in [5.41, 5.74) is 0.865. The molecule has 164 valence electrons. The van der Waals surface area contributed by atoms with Gasteiger partial charge in [-0.3, -0.25) is 19.3 Å². The molecule has 1 atom stereocenters. The van der Waals surface area contributed by atoms with E-state index in [2.05, 4.69) is 20.4 Å². The molecule has 1 fully saturated rings. The van der Waals surface area contributed by atoms with Gasteiger partial charge in [0, 0.05) is 31.8 Å². The standard InChI is InChI=1S/C19H21N5O3S.CH2O2/c1-11(2)18-22-15(23-27-18)7-8-20-17(26)12-9-16(25)24(10-12)19-21-13-5-3-4-6-14(13)28-19;2-1-3/h3-6,11-12H,7-10H2,1-2H3,(H,20,26);1H,(H,2,3). The van der Waals surface area contributed by atoms with E-state index >= 15 is 0 Å². The molecule has 2 amide bonds. The lowest BCUT2D eigenvalue weighted by molar-refractivity contribution is -0.126. The summed E-state index contributed by atoms with van der Waals surface area (Å²) in [7, 11) is 0. The number of thiazole rings is 1. The Morgan fingerprint density at radius 3 is 2.81 bits per heavy atom. The number of hydrogen-bond acceptors (Lipinski definition) is 8. The topological polar surface area (TPSA) is 139 Å². The maximum absolute atomic E-state index is 12.5. The van der Waals surface area contributed by atoms with Gasteiger partial charge in [-0.1, -0.05) is 42.5 Å². The molecule has 1 aliphatic heterocycles. The number of amides is 2. The van der Waals surface area contributed by atoms with Gasteiger partial charge >= 0.3 is 0 Å². The molecule has 0 saturated carbocycles. The van der Waals surface area contributed by atoms with Crippen LogP contribution >= 0.6 is 11.3 Å². The number of carboxylic acid groups (broad SMARTS) is 1. The van der Waals surface area contributed by atoms with Crippen molar-refractivity contribution in [1.29, 1.82) is 0 Å². The third-order valence-electron chi connectivity index (χ3n) is 4.63. The van der Waals surface area contributed by atoms with Crippen LogP contribution in [-0.2, 0) is 20.8 Å². The van der Waals surface area contributed by atoms with Crippen LogP contribution < -0.4 is 10.2 Å².